The quantitative estimate of drug-likeness (QED) is 0.892. The summed E-state index contributed by atoms with van der Waals surface area (Å²) in [5, 5.41) is 0. The van der Waals surface area contributed by atoms with Crippen molar-refractivity contribution in [1.29, 1.82) is 0 Å². The Kier molecular flexibility index (Phi) is 3.07. The van der Waals surface area contributed by atoms with Gasteiger partial charge in [-0.25, -0.2) is 8.78 Å². The van der Waals surface area contributed by atoms with Gasteiger partial charge < -0.3 is 5.73 Å². The third kappa shape index (κ3) is 2.38. The molecule has 2 aromatic carbocycles. The molecule has 0 radical (unpaired) electrons. The van der Waals surface area contributed by atoms with Crippen LogP contribution in [0.2, 0.25) is 0 Å². The number of rotatable bonds is 3. The fourth-order valence-electron chi connectivity index (χ4n) is 2.70. The Morgan fingerprint density at radius 1 is 1.05 bits per heavy atom. The molecule has 1 aliphatic carbocycles. The molecule has 0 aromatic heterocycles. The maximum Gasteiger partial charge on any atom is 0.130 e. The largest absolute Gasteiger partial charge is 0.324 e. The Bertz CT molecular complexity index is 583. The smallest absolute Gasteiger partial charge is 0.130 e. The van der Waals surface area contributed by atoms with Gasteiger partial charge in [0.25, 0.3) is 0 Å². The van der Waals surface area contributed by atoms with Crippen LogP contribution in [0.3, 0.4) is 0 Å². The number of nitrogens with two attached hydrogens (primary N) is 1. The van der Waals surface area contributed by atoms with E-state index in [1.165, 1.54) is 17.7 Å². The molecule has 0 aliphatic heterocycles. The van der Waals surface area contributed by atoms with Crippen molar-refractivity contribution < 1.29 is 8.78 Å². The van der Waals surface area contributed by atoms with Crippen molar-refractivity contribution >= 4 is 0 Å². The van der Waals surface area contributed by atoms with Crippen LogP contribution >= 0.6 is 0 Å². The Morgan fingerprint density at radius 2 is 1.79 bits per heavy atom. The molecule has 0 bridgehead atoms. The van der Waals surface area contributed by atoms with E-state index in [-0.39, 0.29) is 12.0 Å². The molecule has 3 atom stereocenters. The van der Waals surface area contributed by atoms with E-state index >= 15 is 0 Å². The average molecular weight is 259 g/mol. The first-order chi connectivity index (χ1) is 9.16. The second-order valence-corrected chi connectivity index (χ2v) is 5.11. The lowest BCUT2D eigenvalue weighted by Crippen LogP contribution is -2.15. The summed E-state index contributed by atoms with van der Waals surface area (Å²) < 4.78 is 26.6. The van der Waals surface area contributed by atoms with E-state index < -0.39 is 11.6 Å². The molecule has 1 aliphatic rings. The molecule has 19 heavy (non-hydrogen) atoms. The molecule has 0 spiro atoms. The molecule has 3 rings (SSSR count). The van der Waals surface area contributed by atoms with Gasteiger partial charge in [-0.3, -0.25) is 0 Å². The van der Waals surface area contributed by atoms with Crippen LogP contribution < -0.4 is 5.73 Å². The molecule has 3 heteroatoms. The van der Waals surface area contributed by atoms with Crippen molar-refractivity contribution in [3.05, 3.63) is 71.3 Å². The predicted octanol–water partition coefficient (Wildman–Crippen LogP) is 3.77. The van der Waals surface area contributed by atoms with E-state index in [1.807, 2.05) is 18.2 Å². The van der Waals surface area contributed by atoms with Crippen LogP contribution in [-0.2, 0) is 0 Å². The second-order valence-electron chi connectivity index (χ2n) is 5.11. The summed E-state index contributed by atoms with van der Waals surface area (Å²) in [6.07, 6.45) is 0.960. The first kappa shape index (κ1) is 12.3. The third-order valence-corrected chi connectivity index (χ3v) is 3.85. The fraction of sp³-hybridized carbons (Fsp3) is 0.250. The predicted molar refractivity (Wildman–Crippen MR) is 70.6 cm³/mol. The molecule has 0 heterocycles. The second kappa shape index (κ2) is 4.74. The van der Waals surface area contributed by atoms with Crippen molar-refractivity contribution in [2.24, 2.45) is 11.7 Å². The lowest BCUT2D eigenvalue weighted by molar-refractivity contribution is 0.531. The Hall–Kier alpha value is -1.74. The molecule has 2 N–H and O–H groups in total. The summed E-state index contributed by atoms with van der Waals surface area (Å²) in [6, 6.07) is 13.3. The van der Waals surface area contributed by atoms with Crippen LogP contribution in [0.15, 0.2) is 48.5 Å². The van der Waals surface area contributed by atoms with Gasteiger partial charge in [0, 0.05) is 17.7 Å². The van der Waals surface area contributed by atoms with Gasteiger partial charge in [0.15, 0.2) is 0 Å². The highest BCUT2D eigenvalue weighted by Crippen LogP contribution is 2.53. The summed E-state index contributed by atoms with van der Waals surface area (Å²) >= 11 is 0. The maximum absolute atomic E-state index is 13.7. The van der Waals surface area contributed by atoms with Crippen LogP contribution in [0.25, 0.3) is 0 Å². The minimum absolute atomic E-state index is 0.238. The minimum atomic E-state index is -0.566. The summed E-state index contributed by atoms with van der Waals surface area (Å²) in [5.41, 5.74) is 7.76. The highest BCUT2D eigenvalue weighted by molar-refractivity contribution is 5.31. The lowest BCUT2D eigenvalue weighted by atomic mass is 9.99. The normalized spacial score (nSPS) is 23.1. The number of hydrogen-bond donors (Lipinski definition) is 1. The lowest BCUT2D eigenvalue weighted by Gasteiger charge is -2.13. The Labute approximate surface area is 111 Å². The number of benzene rings is 2. The van der Waals surface area contributed by atoms with E-state index in [1.54, 1.807) is 0 Å². The topological polar surface area (TPSA) is 26.0 Å². The zero-order valence-corrected chi connectivity index (χ0v) is 10.4. The van der Waals surface area contributed by atoms with Gasteiger partial charge in [0.1, 0.15) is 11.6 Å². The van der Waals surface area contributed by atoms with E-state index in [4.69, 9.17) is 5.73 Å². The molecular weight excluding hydrogens is 244 g/mol. The van der Waals surface area contributed by atoms with Crippen LogP contribution in [-0.4, -0.2) is 0 Å². The van der Waals surface area contributed by atoms with Crippen LogP contribution in [0, 0.1) is 17.6 Å². The van der Waals surface area contributed by atoms with Gasteiger partial charge in [0.05, 0.1) is 0 Å². The van der Waals surface area contributed by atoms with Crippen molar-refractivity contribution in [2.45, 2.75) is 18.4 Å². The van der Waals surface area contributed by atoms with E-state index in [0.29, 0.717) is 11.5 Å². The monoisotopic (exact) mass is 259 g/mol. The fourth-order valence-corrected chi connectivity index (χ4v) is 2.70. The zero-order chi connectivity index (χ0) is 13.4. The summed E-state index contributed by atoms with van der Waals surface area (Å²) in [5.74, 6) is -0.488. The molecular formula is C16H15F2N. The van der Waals surface area contributed by atoms with E-state index in [2.05, 4.69) is 12.1 Å². The van der Waals surface area contributed by atoms with Gasteiger partial charge in [-0.15, -0.1) is 0 Å². The summed E-state index contributed by atoms with van der Waals surface area (Å²) in [6.45, 7) is 0. The molecule has 0 amide bonds. The number of halogens is 2. The van der Waals surface area contributed by atoms with Gasteiger partial charge in [0.2, 0.25) is 0 Å². The van der Waals surface area contributed by atoms with Crippen LogP contribution in [0.1, 0.15) is 29.5 Å². The summed E-state index contributed by atoms with van der Waals surface area (Å²) in [7, 11) is 0. The molecule has 98 valence electrons. The third-order valence-electron chi connectivity index (χ3n) is 3.85. The van der Waals surface area contributed by atoms with Gasteiger partial charge in [-0.2, -0.15) is 0 Å². The van der Waals surface area contributed by atoms with E-state index in [0.717, 1.165) is 12.5 Å². The van der Waals surface area contributed by atoms with Gasteiger partial charge >= 0.3 is 0 Å². The van der Waals surface area contributed by atoms with Gasteiger partial charge in [-0.05, 0) is 29.9 Å². The zero-order valence-electron chi connectivity index (χ0n) is 10.4. The first-order valence-corrected chi connectivity index (χ1v) is 6.42. The Morgan fingerprint density at radius 3 is 2.47 bits per heavy atom. The summed E-state index contributed by atoms with van der Waals surface area (Å²) in [4.78, 5) is 0. The minimum Gasteiger partial charge on any atom is -0.324 e. The molecule has 3 unspecified atom stereocenters. The van der Waals surface area contributed by atoms with E-state index in [9.17, 15) is 8.78 Å². The van der Waals surface area contributed by atoms with Crippen LogP contribution in [0.4, 0.5) is 8.78 Å². The van der Waals surface area contributed by atoms with Crippen molar-refractivity contribution in [3.63, 3.8) is 0 Å². The van der Waals surface area contributed by atoms with Crippen molar-refractivity contribution in [3.8, 4) is 0 Å². The molecule has 1 saturated carbocycles. The maximum atomic E-state index is 13.7. The molecule has 1 fully saturated rings. The molecule has 2 aromatic rings. The Balaban J connectivity index is 1.78. The first-order valence-electron chi connectivity index (χ1n) is 6.42. The SMILES string of the molecule is NC(c1ccc(F)cc1F)C1CC1c1ccccc1. The number of hydrogen-bond acceptors (Lipinski definition) is 1. The van der Waals surface area contributed by atoms with Crippen molar-refractivity contribution in [2.75, 3.05) is 0 Å². The standard InChI is InChI=1S/C16H15F2N/c17-11-6-7-12(15(18)8-11)16(19)14-9-13(14)10-4-2-1-3-5-10/h1-8,13-14,16H,9,19H2. The van der Waals surface area contributed by atoms with Crippen molar-refractivity contribution in [1.82, 2.24) is 0 Å². The van der Waals surface area contributed by atoms with Crippen LogP contribution in [0.5, 0.6) is 0 Å². The molecule has 1 nitrogen and oxygen atoms in total. The molecule has 0 saturated heterocycles. The average Bonchev–Trinajstić information content (AvgIpc) is 3.19. The highest BCUT2D eigenvalue weighted by atomic mass is 19.1. The van der Waals surface area contributed by atoms with Gasteiger partial charge in [-0.1, -0.05) is 36.4 Å². The highest BCUT2D eigenvalue weighted by Gasteiger charge is 2.43.